The lowest BCUT2D eigenvalue weighted by molar-refractivity contribution is -0.129. The zero-order valence-corrected chi connectivity index (χ0v) is 14.0. The number of amides is 1. The fourth-order valence-corrected chi connectivity index (χ4v) is 3.30. The Labute approximate surface area is 134 Å². The number of hydroxylamine groups is 1. The van der Waals surface area contributed by atoms with Gasteiger partial charge in [0.15, 0.2) is 0 Å². The lowest BCUT2D eigenvalue weighted by Gasteiger charge is -2.16. The number of rotatable bonds is 6. The molecule has 1 rings (SSSR count). The monoisotopic (exact) mass is 342 g/mol. The van der Waals surface area contributed by atoms with Crippen molar-refractivity contribution >= 4 is 27.7 Å². The van der Waals surface area contributed by atoms with Crippen molar-refractivity contribution in [1.29, 1.82) is 0 Å². The Morgan fingerprint density at radius 2 is 1.95 bits per heavy atom. The van der Waals surface area contributed by atoms with Crippen LogP contribution in [0, 0.1) is 11.8 Å². The SMILES string of the molecule is CCC#CCSc1ccc(S(=O)(=O)N(C)CC(=O)NO)cc1. The van der Waals surface area contributed by atoms with Crippen molar-refractivity contribution in [3.05, 3.63) is 24.3 Å². The highest BCUT2D eigenvalue weighted by atomic mass is 32.2. The molecule has 22 heavy (non-hydrogen) atoms. The molecule has 0 bridgehead atoms. The van der Waals surface area contributed by atoms with Crippen molar-refractivity contribution in [2.24, 2.45) is 0 Å². The molecule has 0 aliphatic carbocycles. The average Bonchev–Trinajstić information content (AvgIpc) is 2.51. The molecule has 0 aliphatic heterocycles. The first-order chi connectivity index (χ1) is 10.4. The van der Waals surface area contributed by atoms with Gasteiger partial charge in [0.2, 0.25) is 10.0 Å². The average molecular weight is 342 g/mol. The second-order valence-electron chi connectivity index (χ2n) is 4.26. The molecule has 0 saturated carbocycles. The van der Waals surface area contributed by atoms with Crippen LogP contribution in [0.2, 0.25) is 0 Å². The Hall–Kier alpha value is -1.53. The summed E-state index contributed by atoms with van der Waals surface area (Å²) in [5, 5.41) is 8.44. The van der Waals surface area contributed by atoms with Crippen LogP contribution in [-0.2, 0) is 14.8 Å². The predicted molar refractivity (Wildman–Crippen MR) is 85.0 cm³/mol. The molecular weight excluding hydrogens is 324 g/mol. The van der Waals surface area contributed by atoms with Crippen molar-refractivity contribution < 1.29 is 18.4 Å². The van der Waals surface area contributed by atoms with E-state index in [1.165, 1.54) is 36.4 Å². The zero-order chi connectivity index (χ0) is 16.6. The van der Waals surface area contributed by atoms with Crippen LogP contribution in [0.4, 0.5) is 0 Å². The van der Waals surface area contributed by atoms with Crippen LogP contribution >= 0.6 is 11.8 Å². The van der Waals surface area contributed by atoms with Crippen LogP contribution < -0.4 is 5.48 Å². The van der Waals surface area contributed by atoms with Crippen LogP contribution in [0.25, 0.3) is 0 Å². The fourth-order valence-electron chi connectivity index (χ4n) is 1.51. The van der Waals surface area contributed by atoms with Gasteiger partial charge in [0, 0.05) is 18.4 Å². The third-order valence-corrected chi connectivity index (χ3v) is 5.35. The third-order valence-electron chi connectivity index (χ3n) is 2.64. The predicted octanol–water partition coefficient (Wildman–Crippen LogP) is 1.32. The number of sulfonamides is 1. The van der Waals surface area contributed by atoms with Crippen LogP contribution in [0.5, 0.6) is 0 Å². The molecule has 1 aromatic carbocycles. The fraction of sp³-hybridized carbons (Fsp3) is 0.357. The van der Waals surface area contributed by atoms with Gasteiger partial charge in [-0.05, 0) is 24.3 Å². The van der Waals surface area contributed by atoms with Crippen molar-refractivity contribution in [2.45, 2.75) is 23.1 Å². The summed E-state index contributed by atoms with van der Waals surface area (Å²) in [7, 11) is -2.49. The van der Waals surface area contributed by atoms with E-state index in [-0.39, 0.29) is 4.90 Å². The molecule has 0 aliphatic rings. The summed E-state index contributed by atoms with van der Waals surface area (Å²) >= 11 is 1.52. The molecule has 0 atom stereocenters. The third kappa shape index (κ3) is 5.35. The number of benzene rings is 1. The number of carbonyl (C=O) groups excluding carboxylic acids is 1. The Balaban J connectivity index is 2.78. The first kappa shape index (κ1) is 18.5. The molecule has 2 N–H and O–H groups in total. The lowest BCUT2D eigenvalue weighted by Crippen LogP contribution is -2.37. The van der Waals surface area contributed by atoms with Crippen molar-refractivity contribution in [3.8, 4) is 11.8 Å². The normalized spacial score (nSPS) is 10.9. The van der Waals surface area contributed by atoms with E-state index in [1.807, 2.05) is 6.92 Å². The van der Waals surface area contributed by atoms with E-state index < -0.39 is 22.5 Å². The maximum absolute atomic E-state index is 12.2. The number of thioether (sulfide) groups is 1. The first-order valence-corrected chi connectivity index (χ1v) is 8.92. The van der Waals surface area contributed by atoms with Gasteiger partial charge in [-0.1, -0.05) is 12.8 Å². The summed E-state index contributed by atoms with van der Waals surface area (Å²) in [5.41, 5.74) is 1.40. The summed E-state index contributed by atoms with van der Waals surface area (Å²) in [6, 6.07) is 6.37. The summed E-state index contributed by atoms with van der Waals surface area (Å²) < 4.78 is 25.3. The minimum absolute atomic E-state index is 0.0877. The van der Waals surface area contributed by atoms with E-state index in [2.05, 4.69) is 11.8 Å². The Bertz CT molecular complexity index is 660. The second kappa shape index (κ2) is 8.80. The van der Waals surface area contributed by atoms with E-state index >= 15 is 0 Å². The first-order valence-electron chi connectivity index (χ1n) is 6.49. The van der Waals surface area contributed by atoms with Gasteiger partial charge in [0.25, 0.3) is 5.91 Å². The lowest BCUT2D eigenvalue weighted by atomic mass is 10.4. The van der Waals surface area contributed by atoms with Gasteiger partial charge < -0.3 is 0 Å². The second-order valence-corrected chi connectivity index (χ2v) is 7.36. The summed E-state index contributed by atoms with van der Waals surface area (Å²) in [6.07, 6.45) is 0.811. The topological polar surface area (TPSA) is 86.7 Å². The zero-order valence-electron chi connectivity index (χ0n) is 12.4. The smallest absolute Gasteiger partial charge is 0.258 e. The minimum Gasteiger partial charge on any atom is -0.289 e. The number of hydrogen-bond donors (Lipinski definition) is 2. The number of likely N-dealkylation sites (N-methyl/N-ethyl adjacent to an activating group) is 1. The van der Waals surface area contributed by atoms with Gasteiger partial charge in [0.1, 0.15) is 0 Å². The molecule has 0 fully saturated rings. The highest BCUT2D eigenvalue weighted by Crippen LogP contribution is 2.21. The van der Waals surface area contributed by atoms with E-state index in [9.17, 15) is 13.2 Å². The van der Waals surface area contributed by atoms with Crippen molar-refractivity contribution in [1.82, 2.24) is 9.79 Å². The van der Waals surface area contributed by atoms with Crippen LogP contribution in [0.15, 0.2) is 34.1 Å². The standard InChI is InChI=1S/C14H18N2O4S2/c1-3-4-5-10-21-12-6-8-13(9-7-12)22(19,20)16(2)11-14(17)15-18/h6-9,18H,3,10-11H2,1-2H3,(H,15,17). The van der Waals surface area contributed by atoms with Gasteiger partial charge >= 0.3 is 0 Å². The van der Waals surface area contributed by atoms with E-state index in [1.54, 1.807) is 12.1 Å². The number of nitrogens with zero attached hydrogens (tertiary/aromatic N) is 1. The summed E-state index contributed by atoms with van der Waals surface area (Å²) in [4.78, 5) is 12.0. The molecule has 0 saturated heterocycles. The van der Waals surface area contributed by atoms with Crippen molar-refractivity contribution in [2.75, 3.05) is 19.3 Å². The molecule has 1 amide bonds. The largest absolute Gasteiger partial charge is 0.289 e. The number of hydrogen-bond acceptors (Lipinski definition) is 5. The molecule has 0 unspecified atom stereocenters. The van der Waals surface area contributed by atoms with Gasteiger partial charge in [0.05, 0.1) is 17.2 Å². The van der Waals surface area contributed by atoms with Gasteiger partial charge in [-0.15, -0.1) is 17.7 Å². The molecule has 0 spiro atoms. The Morgan fingerprint density at radius 1 is 1.32 bits per heavy atom. The number of carbonyl (C=O) groups is 1. The molecule has 120 valence electrons. The summed E-state index contributed by atoms with van der Waals surface area (Å²) in [6.45, 7) is 1.52. The minimum atomic E-state index is -3.77. The van der Waals surface area contributed by atoms with Crippen LogP contribution in [-0.4, -0.2) is 43.2 Å². The highest BCUT2D eigenvalue weighted by molar-refractivity contribution is 7.99. The van der Waals surface area contributed by atoms with Gasteiger partial charge in [-0.25, -0.2) is 13.9 Å². The molecular formula is C14H18N2O4S2. The molecule has 0 aromatic heterocycles. The van der Waals surface area contributed by atoms with Gasteiger partial charge in [-0.3, -0.25) is 10.0 Å². The summed E-state index contributed by atoms with van der Waals surface area (Å²) in [5.74, 6) is 5.81. The quantitative estimate of drug-likeness (QED) is 0.352. The molecule has 0 radical (unpaired) electrons. The maximum atomic E-state index is 12.2. The van der Waals surface area contributed by atoms with Crippen LogP contribution in [0.3, 0.4) is 0 Å². The Morgan fingerprint density at radius 3 is 2.50 bits per heavy atom. The highest BCUT2D eigenvalue weighted by Gasteiger charge is 2.22. The van der Waals surface area contributed by atoms with Gasteiger partial charge in [-0.2, -0.15) is 4.31 Å². The van der Waals surface area contributed by atoms with E-state index in [0.717, 1.165) is 15.6 Å². The van der Waals surface area contributed by atoms with Crippen molar-refractivity contribution in [3.63, 3.8) is 0 Å². The molecule has 8 heteroatoms. The van der Waals surface area contributed by atoms with E-state index in [0.29, 0.717) is 5.75 Å². The molecule has 1 aromatic rings. The molecule has 6 nitrogen and oxygen atoms in total. The van der Waals surface area contributed by atoms with Crippen LogP contribution in [0.1, 0.15) is 13.3 Å². The number of nitrogens with one attached hydrogen (secondary N) is 1. The Kier molecular flexibility index (Phi) is 7.41. The maximum Gasteiger partial charge on any atom is 0.258 e. The van der Waals surface area contributed by atoms with E-state index in [4.69, 9.17) is 5.21 Å². The molecule has 0 heterocycles.